The van der Waals surface area contributed by atoms with Crippen molar-refractivity contribution in [1.29, 1.82) is 0 Å². The molecule has 0 radical (unpaired) electrons. The first-order valence-electron chi connectivity index (χ1n) is 7.73. The Morgan fingerprint density at radius 1 is 1.45 bits per heavy atom. The normalized spacial score (nSPS) is 21.4. The van der Waals surface area contributed by atoms with Crippen LogP contribution in [0, 0.1) is 0 Å². The molecule has 0 aromatic heterocycles. The maximum atomic E-state index is 13.8. The molecule has 0 fully saturated rings. The number of unbranched alkanes of at least 4 members (excludes halogenated alkanes) is 1. The molecule has 0 saturated heterocycles. The molecule has 1 aliphatic carbocycles. The molecule has 1 aliphatic heterocycles. The maximum Gasteiger partial charge on any atom is 0.226 e. The summed E-state index contributed by atoms with van der Waals surface area (Å²) in [6, 6.07) is 0. The Hall–Kier alpha value is -1.72. The van der Waals surface area contributed by atoms with Gasteiger partial charge in [0.25, 0.3) is 0 Å². The number of hydrogen-bond donors (Lipinski definition) is 0. The Kier molecular flexibility index (Phi) is 5.69. The van der Waals surface area contributed by atoms with Crippen LogP contribution in [0.2, 0.25) is 0 Å². The average molecular weight is 312 g/mol. The smallest absolute Gasteiger partial charge is 0.226 e. The van der Waals surface area contributed by atoms with E-state index in [0.717, 1.165) is 25.5 Å². The Bertz CT molecular complexity index is 526. The summed E-state index contributed by atoms with van der Waals surface area (Å²) < 4.78 is 26.8. The van der Waals surface area contributed by atoms with Crippen LogP contribution in [0.3, 0.4) is 0 Å². The Balaban J connectivity index is 1.87. The van der Waals surface area contributed by atoms with Gasteiger partial charge >= 0.3 is 0 Å². The number of carbonyl (C=O) groups excluding carboxylic acids is 1. The molecule has 1 unspecified atom stereocenters. The van der Waals surface area contributed by atoms with E-state index in [1.165, 1.54) is 0 Å². The maximum absolute atomic E-state index is 13.8. The zero-order valence-corrected chi connectivity index (χ0v) is 13.1. The van der Waals surface area contributed by atoms with Crippen molar-refractivity contribution in [3.05, 3.63) is 23.3 Å². The van der Waals surface area contributed by atoms with Gasteiger partial charge in [0.2, 0.25) is 5.91 Å². The van der Waals surface area contributed by atoms with E-state index < -0.39 is 11.7 Å². The minimum absolute atomic E-state index is 0.000985. The molecular weight excluding hydrogens is 290 g/mol. The SMILES string of the molecule is CCCCN(C)C(=O)CC1CC(C2=C(F)C=C(F)CC2)=NO1. The Morgan fingerprint density at radius 2 is 2.23 bits per heavy atom. The van der Waals surface area contributed by atoms with Crippen molar-refractivity contribution in [2.75, 3.05) is 13.6 Å². The molecule has 122 valence electrons. The van der Waals surface area contributed by atoms with Crippen molar-refractivity contribution in [2.24, 2.45) is 5.16 Å². The van der Waals surface area contributed by atoms with Crippen molar-refractivity contribution in [3.8, 4) is 0 Å². The second-order valence-electron chi connectivity index (χ2n) is 5.76. The predicted molar refractivity (Wildman–Crippen MR) is 80.6 cm³/mol. The molecule has 2 rings (SSSR count). The molecule has 0 N–H and O–H groups in total. The van der Waals surface area contributed by atoms with Crippen LogP contribution < -0.4 is 0 Å². The Labute approximate surface area is 129 Å². The molecule has 22 heavy (non-hydrogen) atoms. The summed E-state index contributed by atoms with van der Waals surface area (Å²) in [5, 5.41) is 3.89. The van der Waals surface area contributed by atoms with Gasteiger partial charge in [-0.3, -0.25) is 4.79 Å². The van der Waals surface area contributed by atoms with Crippen LogP contribution >= 0.6 is 0 Å². The molecule has 0 saturated carbocycles. The average Bonchev–Trinajstić information content (AvgIpc) is 2.92. The van der Waals surface area contributed by atoms with E-state index in [0.29, 0.717) is 17.7 Å². The number of carbonyl (C=O) groups is 1. The molecule has 1 heterocycles. The summed E-state index contributed by atoms with van der Waals surface area (Å²) in [7, 11) is 1.77. The van der Waals surface area contributed by atoms with Crippen molar-refractivity contribution in [2.45, 2.75) is 51.6 Å². The number of allylic oxidation sites excluding steroid dienone is 4. The lowest BCUT2D eigenvalue weighted by Gasteiger charge is -2.18. The van der Waals surface area contributed by atoms with Crippen LogP contribution in [0.4, 0.5) is 8.78 Å². The van der Waals surface area contributed by atoms with Gasteiger partial charge in [0, 0.05) is 38.1 Å². The first kappa shape index (κ1) is 16.6. The van der Waals surface area contributed by atoms with Gasteiger partial charge in [-0.1, -0.05) is 18.5 Å². The highest BCUT2D eigenvalue weighted by Crippen LogP contribution is 2.30. The molecule has 0 spiro atoms. The first-order valence-corrected chi connectivity index (χ1v) is 7.73. The van der Waals surface area contributed by atoms with Gasteiger partial charge in [-0.25, -0.2) is 8.78 Å². The summed E-state index contributed by atoms with van der Waals surface area (Å²) in [5.74, 6) is -1.04. The van der Waals surface area contributed by atoms with Gasteiger partial charge in [-0.05, 0) is 12.8 Å². The second kappa shape index (κ2) is 7.51. The van der Waals surface area contributed by atoms with Crippen LogP contribution in [-0.2, 0) is 9.63 Å². The summed E-state index contributed by atoms with van der Waals surface area (Å²) in [4.78, 5) is 19.0. The van der Waals surface area contributed by atoms with E-state index in [4.69, 9.17) is 4.84 Å². The van der Waals surface area contributed by atoms with Crippen LogP contribution in [0.5, 0.6) is 0 Å². The summed E-state index contributed by atoms with van der Waals surface area (Å²) in [6.45, 7) is 2.79. The van der Waals surface area contributed by atoms with Crippen LogP contribution in [0.1, 0.15) is 45.4 Å². The van der Waals surface area contributed by atoms with Crippen molar-refractivity contribution in [1.82, 2.24) is 4.90 Å². The summed E-state index contributed by atoms with van der Waals surface area (Å²) in [5.41, 5.74) is 0.894. The minimum atomic E-state index is -0.585. The number of rotatable bonds is 6. The Morgan fingerprint density at radius 3 is 2.91 bits per heavy atom. The quantitative estimate of drug-likeness (QED) is 0.751. The fourth-order valence-corrected chi connectivity index (χ4v) is 2.53. The fourth-order valence-electron chi connectivity index (χ4n) is 2.53. The van der Waals surface area contributed by atoms with Crippen molar-refractivity contribution < 1.29 is 18.4 Å². The van der Waals surface area contributed by atoms with E-state index in [2.05, 4.69) is 12.1 Å². The molecule has 4 nitrogen and oxygen atoms in total. The van der Waals surface area contributed by atoms with E-state index in [-0.39, 0.29) is 31.3 Å². The summed E-state index contributed by atoms with van der Waals surface area (Å²) >= 11 is 0. The number of amides is 1. The van der Waals surface area contributed by atoms with Gasteiger partial charge in [-0.2, -0.15) is 0 Å². The van der Waals surface area contributed by atoms with Crippen molar-refractivity contribution in [3.63, 3.8) is 0 Å². The zero-order chi connectivity index (χ0) is 16.1. The van der Waals surface area contributed by atoms with E-state index in [1.807, 2.05) is 0 Å². The van der Waals surface area contributed by atoms with Gasteiger partial charge in [0.05, 0.1) is 12.1 Å². The predicted octanol–water partition coefficient (Wildman–Crippen LogP) is 3.65. The highest BCUT2D eigenvalue weighted by atomic mass is 19.1. The minimum Gasteiger partial charge on any atom is -0.391 e. The molecular formula is C16H22F2N2O2. The van der Waals surface area contributed by atoms with E-state index in [9.17, 15) is 13.6 Å². The lowest BCUT2D eigenvalue weighted by atomic mass is 9.95. The number of hydrogen-bond acceptors (Lipinski definition) is 3. The first-order chi connectivity index (χ1) is 10.5. The molecule has 2 aliphatic rings. The van der Waals surface area contributed by atoms with Gasteiger partial charge < -0.3 is 9.74 Å². The zero-order valence-electron chi connectivity index (χ0n) is 13.1. The topological polar surface area (TPSA) is 41.9 Å². The molecule has 1 atom stereocenters. The molecule has 6 heteroatoms. The molecule has 0 bridgehead atoms. The third kappa shape index (κ3) is 4.15. The fraction of sp³-hybridized carbons (Fsp3) is 0.625. The standard InChI is InChI=1S/C16H22F2N2O2/c1-3-4-7-20(2)16(21)10-12-9-15(19-22-12)13-6-5-11(17)8-14(13)18/h8,12H,3-7,9-10H2,1-2H3. The third-order valence-electron chi connectivity index (χ3n) is 3.94. The molecule has 1 amide bonds. The third-order valence-corrected chi connectivity index (χ3v) is 3.94. The highest BCUT2D eigenvalue weighted by Gasteiger charge is 2.29. The number of halogens is 2. The number of nitrogens with zero attached hydrogens (tertiary/aromatic N) is 2. The van der Waals surface area contributed by atoms with Gasteiger partial charge in [0.15, 0.2) is 0 Å². The van der Waals surface area contributed by atoms with E-state index in [1.54, 1.807) is 11.9 Å². The molecule has 0 aromatic carbocycles. The number of oxime groups is 1. The molecule has 0 aromatic rings. The van der Waals surface area contributed by atoms with Crippen LogP contribution in [0.25, 0.3) is 0 Å². The van der Waals surface area contributed by atoms with Crippen LogP contribution in [-0.4, -0.2) is 36.2 Å². The lowest BCUT2D eigenvalue weighted by molar-refractivity contribution is -0.132. The van der Waals surface area contributed by atoms with Gasteiger partial charge in [0.1, 0.15) is 17.8 Å². The lowest BCUT2D eigenvalue weighted by Crippen LogP contribution is -2.30. The largest absolute Gasteiger partial charge is 0.391 e. The highest BCUT2D eigenvalue weighted by molar-refractivity contribution is 6.02. The summed E-state index contributed by atoms with van der Waals surface area (Å²) in [6.07, 6.45) is 3.63. The van der Waals surface area contributed by atoms with Crippen molar-refractivity contribution >= 4 is 11.6 Å². The second-order valence-corrected chi connectivity index (χ2v) is 5.76. The van der Waals surface area contributed by atoms with Crippen LogP contribution in [0.15, 0.2) is 28.5 Å². The van der Waals surface area contributed by atoms with E-state index >= 15 is 0 Å². The van der Waals surface area contributed by atoms with Gasteiger partial charge in [-0.15, -0.1) is 0 Å². The monoisotopic (exact) mass is 312 g/mol.